The van der Waals surface area contributed by atoms with Gasteiger partial charge in [0.25, 0.3) is 5.56 Å². The van der Waals surface area contributed by atoms with Crippen LogP contribution in [-0.4, -0.2) is 32.3 Å². The van der Waals surface area contributed by atoms with Crippen molar-refractivity contribution in [2.75, 3.05) is 5.32 Å². The van der Waals surface area contributed by atoms with Gasteiger partial charge in [-0.25, -0.2) is 9.89 Å². The highest BCUT2D eigenvalue weighted by atomic mass is 16.5. The number of hydrogen-bond acceptors (Lipinski definition) is 5. The van der Waals surface area contributed by atoms with E-state index >= 15 is 0 Å². The number of rotatable bonds is 2. The molecule has 27 heavy (non-hydrogen) atoms. The normalized spacial score (nSPS) is 20.4. The van der Waals surface area contributed by atoms with Gasteiger partial charge in [-0.1, -0.05) is 35.5 Å². The van der Waals surface area contributed by atoms with Crippen LogP contribution in [0.5, 0.6) is 0 Å². The summed E-state index contributed by atoms with van der Waals surface area (Å²) in [6.07, 6.45) is 2.36. The molecule has 0 saturated carbocycles. The quantitative estimate of drug-likeness (QED) is 0.728. The minimum atomic E-state index is -0.228. The lowest BCUT2D eigenvalue weighted by molar-refractivity contribution is 0.177. The van der Waals surface area contributed by atoms with Gasteiger partial charge in [0.15, 0.2) is 11.6 Å². The molecule has 8 heteroatoms. The van der Waals surface area contributed by atoms with Crippen molar-refractivity contribution >= 4 is 11.8 Å². The fourth-order valence-electron chi connectivity index (χ4n) is 4.06. The van der Waals surface area contributed by atoms with Gasteiger partial charge in [0.05, 0.1) is 11.7 Å². The van der Waals surface area contributed by atoms with Gasteiger partial charge in [-0.3, -0.25) is 10.1 Å². The highest BCUT2D eigenvalue weighted by Gasteiger charge is 2.44. The molecule has 0 unspecified atom stereocenters. The first-order chi connectivity index (χ1) is 13.2. The maximum Gasteiger partial charge on any atom is 0.323 e. The third-order valence-electron chi connectivity index (χ3n) is 5.23. The molecule has 2 aliphatic heterocycles. The molecule has 8 nitrogen and oxygen atoms in total. The van der Waals surface area contributed by atoms with Crippen LogP contribution in [0.15, 0.2) is 51.8 Å². The number of aromatic amines is 1. The number of nitrogens with one attached hydrogen (secondary N) is 2. The highest BCUT2D eigenvalue weighted by molar-refractivity contribution is 5.89. The summed E-state index contributed by atoms with van der Waals surface area (Å²) in [4.78, 5) is 26.2. The molecule has 4 heterocycles. The first kappa shape index (κ1) is 15.8. The average molecular weight is 363 g/mol. The van der Waals surface area contributed by atoms with Gasteiger partial charge in [-0.2, -0.15) is 5.10 Å². The fraction of sp³-hybridized carbons (Fsp3) is 0.263. The second kappa shape index (κ2) is 6.08. The number of anilines is 1. The lowest BCUT2D eigenvalue weighted by Gasteiger charge is -2.34. The molecule has 2 atom stereocenters. The number of carbonyl (C=O) groups excluding carboxylic acids is 1. The molecule has 0 spiro atoms. The maximum atomic E-state index is 12.9. The Balaban J connectivity index is 1.37. The van der Waals surface area contributed by atoms with Gasteiger partial charge in [0, 0.05) is 23.7 Å². The number of nitrogens with zero attached hydrogens (tertiary/aromatic N) is 3. The first-order valence-corrected chi connectivity index (χ1v) is 8.89. The van der Waals surface area contributed by atoms with Gasteiger partial charge < -0.3 is 9.42 Å². The van der Waals surface area contributed by atoms with Crippen molar-refractivity contribution < 1.29 is 9.32 Å². The first-order valence-electron chi connectivity index (χ1n) is 8.89. The van der Waals surface area contributed by atoms with E-state index in [2.05, 4.69) is 20.7 Å². The third-order valence-corrected chi connectivity index (χ3v) is 5.23. The summed E-state index contributed by atoms with van der Waals surface area (Å²) >= 11 is 0. The summed E-state index contributed by atoms with van der Waals surface area (Å²) in [5.74, 6) is 0.968. The number of fused-ring (bicyclic) bond motifs is 4. The number of aromatic nitrogens is 3. The molecule has 1 saturated heterocycles. The molecule has 2 amide bonds. The predicted octanol–water partition coefficient (Wildman–Crippen LogP) is 2.72. The fourth-order valence-corrected chi connectivity index (χ4v) is 4.06. The molecule has 1 fully saturated rings. The second-order valence-electron chi connectivity index (χ2n) is 6.87. The Bertz CT molecular complexity index is 1060. The Hall–Kier alpha value is -3.42. The summed E-state index contributed by atoms with van der Waals surface area (Å²) < 4.78 is 5.34. The Morgan fingerprint density at radius 1 is 1.22 bits per heavy atom. The average Bonchev–Trinajstić information content (AvgIpc) is 3.26. The molecule has 1 aromatic carbocycles. The van der Waals surface area contributed by atoms with Gasteiger partial charge in [0.2, 0.25) is 0 Å². The minimum Gasteiger partial charge on any atom is -0.354 e. The Morgan fingerprint density at radius 2 is 2.07 bits per heavy atom. The van der Waals surface area contributed by atoms with Gasteiger partial charge in [0.1, 0.15) is 0 Å². The van der Waals surface area contributed by atoms with Crippen LogP contribution in [0.2, 0.25) is 0 Å². The largest absolute Gasteiger partial charge is 0.354 e. The number of carbonyl (C=O) groups is 1. The lowest BCUT2D eigenvalue weighted by Crippen LogP contribution is -2.45. The molecular formula is C19H17N5O3. The van der Waals surface area contributed by atoms with Crippen molar-refractivity contribution in [2.24, 2.45) is 0 Å². The van der Waals surface area contributed by atoms with Gasteiger partial charge in [-0.05, 0) is 24.8 Å². The zero-order valence-corrected chi connectivity index (χ0v) is 14.4. The molecule has 136 valence electrons. The van der Waals surface area contributed by atoms with Crippen LogP contribution in [0.25, 0.3) is 11.3 Å². The number of H-pyrrole nitrogens is 1. The number of urea groups is 1. The van der Waals surface area contributed by atoms with Crippen molar-refractivity contribution in [1.29, 1.82) is 0 Å². The number of hydrogen-bond donors (Lipinski definition) is 2. The summed E-state index contributed by atoms with van der Waals surface area (Å²) in [5.41, 5.74) is 2.40. The summed E-state index contributed by atoms with van der Waals surface area (Å²) in [5, 5.41) is 13.5. The zero-order valence-electron chi connectivity index (χ0n) is 14.4. The molecule has 3 aromatic rings. The van der Waals surface area contributed by atoms with Crippen LogP contribution in [0.3, 0.4) is 0 Å². The van der Waals surface area contributed by atoms with E-state index < -0.39 is 0 Å². The molecule has 2 N–H and O–H groups in total. The third kappa shape index (κ3) is 2.69. The monoisotopic (exact) mass is 363 g/mol. The van der Waals surface area contributed by atoms with Crippen molar-refractivity contribution in [3.05, 3.63) is 64.1 Å². The van der Waals surface area contributed by atoms with Crippen LogP contribution >= 0.6 is 0 Å². The highest BCUT2D eigenvalue weighted by Crippen LogP contribution is 2.42. The van der Waals surface area contributed by atoms with E-state index in [1.807, 2.05) is 35.2 Å². The molecule has 2 bridgehead atoms. The van der Waals surface area contributed by atoms with Gasteiger partial charge in [-0.15, -0.1) is 0 Å². The van der Waals surface area contributed by atoms with Crippen molar-refractivity contribution in [3.63, 3.8) is 0 Å². The van der Waals surface area contributed by atoms with Crippen LogP contribution in [0.1, 0.15) is 30.1 Å². The van der Waals surface area contributed by atoms with Crippen molar-refractivity contribution in [1.82, 2.24) is 20.3 Å². The molecule has 0 radical (unpaired) electrons. The molecular weight excluding hydrogens is 346 g/mol. The molecule has 2 aromatic heterocycles. The van der Waals surface area contributed by atoms with Crippen LogP contribution in [0, 0.1) is 0 Å². The Kier molecular flexibility index (Phi) is 3.56. The molecule has 2 aliphatic rings. The van der Waals surface area contributed by atoms with E-state index in [1.54, 1.807) is 12.1 Å². The summed E-state index contributed by atoms with van der Waals surface area (Å²) in [6.45, 7) is 0. The standard InChI is InChI=1S/C19H17N5O3/c25-17-9-12-8-13-6-7-14(18(12)22-21-17)24(13)19(26)20-16-10-15(27-23-16)11-4-2-1-3-5-11/h1-5,9-10,13-14H,6-8H2,(H,21,25)(H,20,23,26)/t13-,14+/m0/s1. The predicted molar refractivity (Wildman–Crippen MR) is 97.1 cm³/mol. The Labute approximate surface area is 154 Å². The van der Waals surface area contributed by atoms with Crippen LogP contribution in [0.4, 0.5) is 10.6 Å². The number of amides is 2. The number of benzene rings is 1. The van der Waals surface area contributed by atoms with E-state index in [0.717, 1.165) is 29.7 Å². The van der Waals surface area contributed by atoms with E-state index in [4.69, 9.17) is 4.52 Å². The second-order valence-corrected chi connectivity index (χ2v) is 6.87. The Morgan fingerprint density at radius 3 is 2.93 bits per heavy atom. The van der Waals surface area contributed by atoms with E-state index in [9.17, 15) is 9.59 Å². The van der Waals surface area contributed by atoms with E-state index in [0.29, 0.717) is 18.0 Å². The maximum absolute atomic E-state index is 12.9. The van der Waals surface area contributed by atoms with E-state index in [1.165, 1.54) is 0 Å². The lowest BCUT2D eigenvalue weighted by atomic mass is 9.99. The van der Waals surface area contributed by atoms with E-state index in [-0.39, 0.29) is 23.7 Å². The SMILES string of the molecule is O=C(Nc1cc(-c2ccccc2)on1)N1[C@H]2CC[C@@H]1c1n[nH]c(=O)cc1C2. The van der Waals surface area contributed by atoms with Crippen LogP contribution in [-0.2, 0) is 6.42 Å². The zero-order chi connectivity index (χ0) is 18.4. The molecule has 0 aliphatic carbocycles. The van der Waals surface area contributed by atoms with Crippen molar-refractivity contribution in [2.45, 2.75) is 31.3 Å². The summed E-state index contributed by atoms with van der Waals surface area (Å²) in [6, 6.07) is 12.6. The topological polar surface area (TPSA) is 104 Å². The van der Waals surface area contributed by atoms with Crippen LogP contribution < -0.4 is 10.9 Å². The van der Waals surface area contributed by atoms with Gasteiger partial charge >= 0.3 is 6.03 Å². The molecule has 5 rings (SSSR count). The minimum absolute atomic E-state index is 0.0617. The van der Waals surface area contributed by atoms with Crippen molar-refractivity contribution in [3.8, 4) is 11.3 Å². The smallest absolute Gasteiger partial charge is 0.323 e. The summed E-state index contributed by atoms with van der Waals surface area (Å²) in [7, 11) is 0.